The quantitative estimate of drug-likeness (QED) is 0.750. The van der Waals surface area contributed by atoms with Gasteiger partial charge in [-0.15, -0.1) is 12.4 Å². The second-order valence-corrected chi connectivity index (χ2v) is 6.07. The molecule has 6 nitrogen and oxygen atoms in total. The lowest BCUT2D eigenvalue weighted by Crippen LogP contribution is -2.47. The summed E-state index contributed by atoms with van der Waals surface area (Å²) in [4.78, 5) is 25.8. The Balaban J connectivity index is 0.00000364. The van der Waals surface area contributed by atoms with Crippen LogP contribution < -0.4 is 15.8 Å². The number of benzene rings is 1. The van der Waals surface area contributed by atoms with Gasteiger partial charge in [-0.05, 0) is 31.0 Å². The van der Waals surface area contributed by atoms with Gasteiger partial charge in [0.25, 0.3) is 5.91 Å². The van der Waals surface area contributed by atoms with Crippen LogP contribution in [0.3, 0.4) is 0 Å². The Kier molecular flexibility index (Phi) is 8.84. The van der Waals surface area contributed by atoms with Crippen molar-refractivity contribution >= 4 is 24.2 Å². The number of nitrogens with one attached hydrogen (secondary N) is 1. The van der Waals surface area contributed by atoms with Crippen molar-refractivity contribution in [1.29, 1.82) is 0 Å². The molecule has 10 heteroatoms. The van der Waals surface area contributed by atoms with E-state index in [0.29, 0.717) is 32.5 Å². The van der Waals surface area contributed by atoms with E-state index in [1.165, 1.54) is 17.0 Å². The van der Waals surface area contributed by atoms with Gasteiger partial charge in [-0.3, -0.25) is 9.59 Å². The lowest BCUT2D eigenvalue weighted by molar-refractivity contribution is -0.137. The number of ether oxygens (including phenoxy) is 1. The smallest absolute Gasteiger partial charge is 0.416 e. The molecule has 0 spiro atoms. The van der Waals surface area contributed by atoms with Crippen molar-refractivity contribution in [1.82, 2.24) is 10.2 Å². The van der Waals surface area contributed by atoms with E-state index in [1.807, 2.05) is 0 Å². The predicted octanol–water partition coefficient (Wildman–Crippen LogP) is 1.82. The normalized spacial score (nSPS) is 17.0. The van der Waals surface area contributed by atoms with Gasteiger partial charge >= 0.3 is 6.18 Å². The second-order valence-electron chi connectivity index (χ2n) is 6.07. The monoisotopic (exact) mass is 409 g/mol. The summed E-state index contributed by atoms with van der Waals surface area (Å²) in [5.74, 6) is -0.847. The number of piperidine rings is 1. The third-order valence-electron chi connectivity index (χ3n) is 4.11. The van der Waals surface area contributed by atoms with Crippen molar-refractivity contribution in [3.63, 3.8) is 0 Å². The fourth-order valence-corrected chi connectivity index (χ4v) is 2.76. The van der Waals surface area contributed by atoms with Crippen molar-refractivity contribution < 1.29 is 27.5 Å². The molecule has 0 aliphatic carbocycles. The highest BCUT2D eigenvalue weighted by atomic mass is 35.5. The summed E-state index contributed by atoms with van der Waals surface area (Å²) >= 11 is 0. The fourth-order valence-electron chi connectivity index (χ4n) is 2.76. The number of carbonyl (C=O) groups is 2. The van der Waals surface area contributed by atoms with Gasteiger partial charge in [-0.2, -0.15) is 13.2 Å². The van der Waals surface area contributed by atoms with Gasteiger partial charge in [-0.1, -0.05) is 6.07 Å². The van der Waals surface area contributed by atoms with E-state index >= 15 is 0 Å². The first-order chi connectivity index (χ1) is 12.3. The number of alkyl halides is 3. The van der Waals surface area contributed by atoms with Crippen LogP contribution in [-0.2, 0) is 15.8 Å². The number of carbonyl (C=O) groups excluding carboxylic acids is 2. The van der Waals surface area contributed by atoms with E-state index in [-0.39, 0.29) is 49.0 Å². The zero-order valence-corrected chi connectivity index (χ0v) is 15.4. The zero-order valence-electron chi connectivity index (χ0n) is 14.6. The van der Waals surface area contributed by atoms with Crippen LogP contribution in [0, 0.1) is 5.92 Å². The van der Waals surface area contributed by atoms with Crippen molar-refractivity contribution in [2.24, 2.45) is 11.7 Å². The molecule has 1 aliphatic heterocycles. The molecular formula is C17H23ClF3N3O3. The molecular weight excluding hydrogens is 387 g/mol. The first-order valence-corrected chi connectivity index (χ1v) is 8.37. The molecule has 0 bridgehead atoms. The summed E-state index contributed by atoms with van der Waals surface area (Å²) < 4.78 is 43.3. The third kappa shape index (κ3) is 6.91. The van der Waals surface area contributed by atoms with Crippen molar-refractivity contribution in [2.75, 3.05) is 32.8 Å². The molecule has 1 fully saturated rings. The van der Waals surface area contributed by atoms with Gasteiger partial charge < -0.3 is 20.7 Å². The van der Waals surface area contributed by atoms with Crippen LogP contribution in [0.2, 0.25) is 0 Å². The molecule has 27 heavy (non-hydrogen) atoms. The summed E-state index contributed by atoms with van der Waals surface area (Å²) in [5, 5.41) is 2.70. The summed E-state index contributed by atoms with van der Waals surface area (Å²) in [5.41, 5.74) is 4.51. The van der Waals surface area contributed by atoms with Crippen LogP contribution in [0.25, 0.3) is 0 Å². The standard InChI is InChI=1S/C17H22F3N3O3.ClH/c18-17(19,20)13-4-1-5-14(9-13)26-11-15(24)23-8-2-3-12(10-23)16(25)22-7-6-21;/h1,4-5,9,12H,2-3,6-8,10-11,21H2,(H,22,25);1H. The summed E-state index contributed by atoms with van der Waals surface area (Å²) in [6.45, 7) is 1.10. The second kappa shape index (κ2) is 10.4. The minimum absolute atomic E-state index is 0. The summed E-state index contributed by atoms with van der Waals surface area (Å²) in [7, 11) is 0. The fraction of sp³-hybridized carbons (Fsp3) is 0.529. The van der Waals surface area contributed by atoms with Crippen LogP contribution in [-0.4, -0.2) is 49.5 Å². The van der Waals surface area contributed by atoms with Gasteiger partial charge in [0.05, 0.1) is 11.5 Å². The Morgan fingerprint density at radius 2 is 2.07 bits per heavy atom. The van der Waals surface area contributed by atoms with Crippen LogP contribution in [0.15, 0.2) is 24.3 Å². The summed E-state index contributed by atoms with van der Waals surface area (Å²) in [6.07, 6.45) is -3.12. The van der Waals surface area contributed by atoms with Gasteiger partial charge in [0.1, 0.15) is 5.75 Å². The molecule has 1 unspecified atom stereocenters. The maximum Gasteiger partial charge on any atom is 0.416 e. The maximum atomic E-state index is 12.7. The van der Waals surface area contributed by atoms with Crippen molar-refractivity contribution in [2.45, 2.75) is 19.0 Å². The Labute approximate surface area is 161 Å². The lowest BCUT2D eigenvalue weighted by atomic mass is 9.97. The van der Waals surface area contributed by atoms with Crippen molar-refractivity contribution in [3.8, 4) is 5.75 Å². The van der Waals surface area contributed by atoms with Crippen LogP contribution in [0.1, 0.15) is 18.4 Å². The lowest BCUT2D eigenvalue weighted by Gasteiger charge is -2.32. The number of rotatable bonds is 6. The van der Waals surface area contributed by atoms with E-state index in [1.54, 1.807) is 0 Å². The van der Waals surface area contributed by atoms with E-state index in [2.05, 4.69) is 5.32 Å². The van der Waals surface area contributed by atoms with Crippen LogP contribution >= 0.6 is 12.4 Å². The van der Waals surface area contributed by atoms with E-state index < -0.39 is 11.7 Å². The van der Waals surface area contributed by atoms with Crippen LogP contribution in [0.5, 0.6) is 5.75 Å². The topological polar surface area (TPSA) is 84.7 Å². The highest BCUT2D eigenvalue weighted by Crippen LogP contribution is 2.31. The molecule has 1 atom stereocenters. The molecule has 0 aromatic heterocycles. The Morgan fingerprint density at radius 3 is 2.74 bits per heavy atom. The largest absolute Gasteiger partial charge is 0.484 e. The first kappa shape index (κ1) is 23.0. The molecule has 2 rings (SSSR count). The molecule has 1 heterocycles. The van der Waals surface area contributed by atoms with Crippen LogP contribution in [0.4, 0.5) is 13.2 Å². The highest BCUT2D eigenvalue weighted by molar-refractivity contribution is 5.85. The molecule has 1 aromatic carbocycles. The molecule has 1 aromatic rings. The maximum absolute atomic E-state index is 12.7. The zero-order chi connectivity index (χ0) is 19.2. The Morgan fingerprint density at radius 1 is 1.33 bits per heavy atom. The Bertz CT molecular complexity index is 643. The number of hydrogen-bond acceptors (Lipinski definition) is 4. The average Bonchev–Trinajstić information content (AvgIpc) is 2.63. The van der Waals surface area contributed by atoms with E-state index in [4.69, 9.17) is 10.5 Å². The Hall–Kier alpha value is -2.00. The first-order valence-electron chi connectivity index (χ1n) is 8.37. The predicted molar refractivity (Wildman–Crippen MR) is 95.6 cm³/mol. The van der Waals surface area contributed by atoms with E-state index in [9.17, 15) is 22.8 Å². The molecule has 152 valence electrons. The molecule has 2 amide bonds. The van der Waals surface area contributed by atoms with Gasteiger partial charge in [-0.25, -0.2) is 0 Å². The minimum atomic E-state index is -4.47. The van der Waals surface area contributed by atoms with Gasteiger partial charge in [0, 0.05) is 26.2 Å². The minimum Gasteiger partial charge on any atom is -0.484 e. The average molecular weight is 410 g/mol. The number of amides is 2. The van der Waals surface area contributed by atoms with Crippen molar-refractivity contribution in [3.05, 3.63) is 29.8 Å². The molecule has 0 radical (unpaired) electrons. The molecule has 3 N–H and O–H groups in total. The highest BCUT2D eigenvalue weighted by Gasteiger charge is 2.31. The number of nitrogens with zero attached hydrogens (tertiary/aromatic N) is 1. The molecule has 1 saturated heterocycles. The SMILES string of the molecule is Cl.NCCNC(=O)C1CCCN(C(=O)COc2cccc(C(F)(F)F)c2)C1. The third-order valence-corrected chi connectivity index (χ3v) is 4.11. The number of hydrogen-bond donors (Lipinski definition) is 2. The summed E-state index contributed by atoms with van der Waals surface area (Å²) in [6, 6.07) is 4.37. The van der Waals surface area contributed by atoms with E-state index in [0.717, 1.165) is 12.1 Å². The van der Waals surface area contributed by atoms with Gasteiger partial charge in [0.2, 0.25) is 5.91 Å². The molecule has 1 aliphatic rings. The van der Waals surface area contributed by atoms with Gasteiger partial charge in [0.15, 0.2) is 6.61 Å². The molecule has 0 saturated carbocycles. The number of nitrogens with two attached hydrogens (primary N) is 1. The number of likely N-dealkylation sites (tertiary alicyclic amines) is 1. The number of halogens is 4.